The molecule has 0 saturated heterocycles. The monoisotopic (exact) mass is 527 g/mol. The van der Waals surface area contributed by atoms with Gasteiger partial charge >= 0.3 is 0 Å². The number of carbonyl (C=O) groups excluding carboxylic acids is 1. The molecule has 1 amide bonds. The summed E-state index contributed by atoms with van der Waals surface area (Å²) in [5, 5.41) is 9.93. The van der Waals surface area contributed by atoms with E-state index in [-0.39, 0.29) is 16.9 Å². The Morgan fingerprint density at radius 2 is 1.92 bits per heavy atom. The summed E-state index contributed by atoms with van der Waals surface area (Å²) >= 11 is 0. The number of carbonyl (C=O) groups is 1. The molecule has 39 heavy (non-hydrogen) atoms. The third-order valence-corrected chi connectivity index (χ3v) is 7.99. The molecular formula is C30H34FN7O. The van der Waals surface area contributed by atoms with Crippen LogP contribution in [0.25, 0.3) is 22.2 Å². The van der Waals surface area contributed by atoms with Crippen LogP contribution in [0, 0.1) is 11.7 Å². The average Bonchev–Trinajstić information content (AvgIpc) is 3.79. The Bertz CT molecular complexity index is 1490. The lowest BCUT2D eigenvalue weighted by Gasteiger charge is -2.36. The van der Waals surface area contributed by atoms with Gasteiger partial charge in [0.25, 0.3) is 5.91 Å². The van der Waals surface area contributed by atoms with E-state index in [1.807, 2.05) is 36.5 Å². The van der Waals surface area contributed by atoms with Gasteiger partial charge in [-0.3, -0.25) is 9.78 Å². The SMILES string of the molecule is CC[C@@](C)(c1cccc2c(C(=O)NC)c(F)cnc12)C(C)CNc1cc(-c2ccc(NC3CC3)nc2)ncn1. The standard InChI is InChI=1S/C30H34FN7O/c1-5-30(3,22-8-6-7-21-27(29(39)32-4)23(31)16-35-28(21)22)18(2)14-33-26-13-24(36-17-37-26)19-9-12-25(34-15-19)38-20-10-11-20/h6-9,12-13,15-18,20H,5,10-11,14H2,1-4H3,(H,32,39)(H,34,38)(H,33,36,37)/t18?,30-/m1/s1. The molecule has 1 unspecified atom stereocenters. The molecule has 1 aromatic carbocycles. The van der Waals surface area contributed by atoms with Gasteiger partial charge in [0.05, 0.1) is 23.0 Å². The maximum absolute atomic E-state index is 14.6. The number of nitrogens with one attached hydrogen (secondary N) is 3. The second-order valence-electron chi connectivity index (χ2n) is 10.5. The highest BCUT2D eigenvalue weighted by Gasteiger charge is 2.34. The molecule has 0 radical (unpaired) electrons. The molecule has 4 aromatic rings. The molecule has 3 aromatic heterocycles. The van der Waals surface area contributed by atoms with Crippen LogP contribution in [0.15, 0.2) is 55.1 Å². The third kappa shape index (κ3) is 5.39. The zero-order valence-electron chi connectivity index (χ0n) is 22.8. The highest BCUT2D eigenvalue weighted by Crippen LogP contribution is 2.39. The van der Waals surface area contributed by atoms with Gasteiger partial charge in [0, 0.05) is 42.8 Å². The fourth-order valence-corrected chi connectivity index (χ4v) is 4.98. The Balaban J connectivity index is 1.36. The van der Waals surface area contributed by atoms with Gasteiger partial charge in [0.15, 0.2) is 5.82 Å². The summed E-state index contributed by atoms with van der Waals surface area (Å²) in [4.78, 5) is 30.3. The van der Waals surface area contributed by atoms with Crippen molar-refractivity contribution in [3.05, 3.63) is 72.1 Å². The number of amides is 1. The topological polar surface area (TPSA) is 105 Å². The van der Waals surface area contributed by atoms with Crippen LogP contribution in [0.5, 0.6) is 0 Å². The largest absolute Gasteiger partial charge is 0.370 e. The number of halogens is 1. The van der Waals surface area contributed by atoms with Gasteiger partial charge in [-0.05, 0) is 48.3 Å². The average molecular weight is 528 g/mol. The van der Waals surface area contributed by atoms with Crippen LogP contribution in [-0.2, 0) is 5.41 Å². The number of fused-ring (bicyclic) bond motifs is 1. The van der Waals surface area contributed by atoms with Crippen LogP contribution in [0.1, 0.15) is 56.0 Å². The summed E-state index contributed by atoms with van der Waals surface area (Å²) in [5.41, 5.74) is 3.07. The molecular weight excluding hydrogens is 493 g/mol. The molecule has 0 bridgehead atoms. The van der Waals surface area contributed by atoms with Crippen molar-refractivity contribution in [2.24, 2.45) is 5.92 Å². The first-order valence-electron chi connectivity index (χ1n) is 13.4. The number of aromatic nitrogens is 4. The number of anilines is 2. The summed E-state index contributed by atoms with van der Waals surface area (Å²) in [5.74, 6) is 0.667. The van der Waals surface area contributed by atoms with Crippen molar-refractivity contribution in [2.45, 2.75) is 51.5 Å². The Labute approximate surface area is 227 Å². The molecule has 8 nitrogen and oxygen atoms in total. The first-order chi connectivity index (χ1) is 18.8. The lowest BCUT2D eigenvalue weighted by Crippen LogP contribution is -2.34. The second kappa shape index (κ2) is 10.9. The van der Waals surface area contributed by atoms with Gasteiger partial charge in [-0.1, -0.05) is 39.0 Å². The van der Waals surface area contributed by atoms with Gasteiger partial charge < -0.3 is 16.0 Å². The zero-order valence-corrected chi connectivity index (χ0v) is 22.8. The van der Waals surface area contributed by atoms with Crippen LogP contribution in [-0.4, -0.2) is 45.5 Å². The molecule has 1 aliphatic carbocycles. The molecule has 1 saturated carbocycles. The Morgan fingerprint density at radius 3 is 2.62 bits per heavy atom. The molecule has 1 aliphatic rings. The van der Waals surface area contributed by atoms with Gasteiger partial charge in [0.1, 0.15) is 18.0 Å². The van der Waals surface area contributed by atoms with E-state index in [1.165, 1.54) is 19.9 Å². The van der Waals surface area contributed by atoms with E-state index in [9.17, 15) is 9.18 Å². The fourth-order valence-electron chi connectivity index (χ4n) is 4.98. The van der Waals surface area contributed by atoms with Crippen molar-refractivity contribution in [1.82, 2.24) is 25.3 Å². The van der Waals surface area contributed by atoms with E-state index in [0.29, 0.717) is 23.5 Å². The number of para-hydroxylation sites is 1. The van der Waals surface area contributed by atoms with Gasteiger partial charge in [-0.25, -0.2) is 19.3 Å². The van der Waals surface area contributed by atoms with E-state index in [2.05, 4.69) is 56.7 Å². The minimum Gasteiger partial charge on any atom is -0.370 e. The number of hydrogen-bond donors (Lipinski definition) is 3. The lowest BCUT2D eigenvalue weighted by atomic mass is 9.70. The quantitative estimate of drug-likeness (QED) is 0.247. The molecule has 3 N–H and O–H groups in total. The summed E-state index contributed by atoms with van der Waals surface area (Å²) in [6.07, 6.45) is 7.75. The number of pyridine rings is 2. The highest BCUT2D eigenvalue weighted by atomic mass is 19.1. The summed E-state index contributed by atoms with van der Waals surface area (Å²) < 4.78 is 14.6. The van der Waals surface area contributed by atoms with E-state index >= 15 is 0 Å². The first-order valence-corrected chi connectivity index (χ1v) is 13.4. The molecule has 2 atom stereocenters. The predicted molar refractivity (Wildman–Crippen MR) is 152 cm³/mol. The molecule has 202 valence electrons. The van der Waals surface area contributed by atoms with E-state index in [0.717, 1.165) is 41.1 Å². The molecule has 1 fully saturated rings. The lowest BCUT2D eigenvalue weighted by molar-refractivity contribution is 0.0960. The molecule has 5 rings (SSSR count). The van der Waals surface area contributed by atoms with E-state index in [4.69, 9.17) is 0 Å². The third-order valence-electron chi connectivity index (χ3n) is 7.99. The van der Waals surface area contributed by atoms with Crippen LogP contribution in [0.3, 0.4) is 0 Å². The van der Waals surface area contributed by atoms with Crippen LogP contribution in [0.4, 0.5) is 16.0 Å². The summed E-state index contributed by atoms with van der Waals surface area (Å²) in [7, 11) is 1.50. The summed E-state index contributed by atoms with van der Waals surface area (Å²) in [6, 6.07) is 12.1. The van der Waals surface area contributed by atoms with E-state index < -0.39 is 11.7 Å². The normalized spacial score (nSPS) is 15.4. The minimum absolute atomic E-state index is 0.0212. The number of benzene rings is 1. The smallest absolute Gasteiger partial charge is 0.254 e. The molecule has 3 heterocycles. The van der Waals surface area contributed by atoms with Gasteiger partial charge in [0.2, 0.25) is 0 Å². The Kier molecular flexibility index (Phi) is 7.41. The van der Waals surface area contributed by atoms with Crippen LogP contribution < -0.4 is 16.0 Å². The van der Waals surface area contributed by atoms with Crippen molar-refractivity contribution in [3.63, 3.8) is 0 Å². The number of nitrogens with zero attached hydrogens (tertiary/aromatic N) is 4. The number of rotatable bonds is 10. The van der Waals surface area contributed by atoms with Crippen molar-refractivity contribution in [1.29, 1.82) is 0 Å². The maximum Gasteiger partial charge on any atom is 0.254 e. The Hall–Kier alpha value is -4.14. The maximum atomic E-state index is 14.6. The number of hydrogen-bond acceptors (Lipinski definition) is 7. The van der Waals surface area contributed by atoms with Crippen molar-refractivity contribution >= 4 is 28.4 Å². The van der Waals surface area contributed by atoms with E-state index in [1.54, 1.807) is 12.4 Å². The van der Waals surface area contributed by atoms with Crippen molar-refractivity contribution in [2.75, 3.05) is 24.2 Å². The fraction of sp³-hybridized carbons (Fsp3) is 0.367. The summed E-state index contributed by atoms with van der Waals surface area (Å²) in [6.45, 7) is 7.14. The molecule has 9 heteroatoms. The van der Waals surface area contributed by atoms with Crippen molar-refractivity contribution < 1.29 is 9.18 Å². The Morgan fingerprint density at radius 1 is 1.10 bits per heavy atom. The highest BCUT2D eigenvalue weighted by molar-refractivity contribution is 6.06. The minimum atomic E-state index is -0.629. The van der Waals surface area contributed by atoms with Gasteiger partial charge in [-0.15, -0.1) is 0 Å². The molecule has 0 aliphatic heterocycles. The van der Waals surface area contributed by atoms with Crippen LogP contribution >= 0.6 is 0 Å². The second-order valence-corrected chi connectivity index (χ2v) is 10.5. The predicted octanol–water partition coefficient (Wildman–Crippen LogP) is 5.58. The first kappa shape index (κ1) is 26.5. The zero-order chi connectivity index (χ0) is 27.6. The molecule has 0 spiro atoms. The van der Waals surface area contributed by atoms with Crippen molar-refractivity contribution in [3.8, 4) is 11.3 Å². The van der Waals surface area contributed by atoms with Gasteiger partial charge in [-0.2, -0.15) is 0 Å². The van der Waals surface area contributed by atoms with Crippen LogP contribution in [0.2, 0.25) is 0 Å².